The number of likely N-dealkylation sites (tertiary alicyclic amines) is 1. The second kappa shape index (κ2) is 5.54. The number of benzene rings is 1. The van der Waals surface area contributed by atoms with Gasteiger partial charge in [0.25, 0.3) is 5.91 Å². The van der Waals surface area contributed by atoms with Gasteiger partial charge in [0.1, 0.15) is 17.7 Å². The molecule has 19 heavy (non-hydrogen) atoms. The summed E-state index contributed by atoms with van der Waals surface area (Å²) in [6.45, 7) is 0.376. The Morgan fingerprint density at radius 2 is 2.11 bits per heavy atom. The van der Waals surface area contributed by atoms with Gasteiger partial charge in [-0.3, -0.25) is 4.79 Å². The van der Waals surface area contributed by atoms with Gasteiger partial charge in [0.2, 0.25) is 0 Å². The van der Waals surface area contributed by atoms with Gasteiger partial charge in [0, 0.05) is 6.54 Å². The molecule has 1 unspecified atom stereocenters. The third-order valence-corrected chi connectivity index (χ3v) is 3.44. The van der Waals surface area contributed by atoms with Crippen LogP contribution in [0.4, 0.5) is 8.78 Å². The fourth-order valence-electron chi connectivity index (χ4n) is 2.15. The molecule has 1 aromatic carbocycles. The third-order valence-electron chi connectivity index (χ3n) is 3.15. The predicted octanol–water partition coefficient (Wildman–Crippen LogP) is 3.14. The van der Waals surface area contributed by atoms with Crippen molar-refractivity contribution in [3.05, 3.63) is 34.4 Å². The molecule has 0 spiro atoms. The average Bonchev–Trinajstić information content (AvgIpc) is 2.42. The van der Waals surface area contributed by atoms with Crippen molar-refractivity contribution in [2.24, 2.45) is 0 Å². The monoisotopic (exact) mass is 284 g/mol. The first-order valence-electron chi connectivity index (χ1n) is 5.89. The number of amides is 1. The first-order chi connectivity index (χ1) is 9.04. The van der Waals surface area contributed by atoms with Crippen LogP contribution in [-0.4, -0.2) is 23.4 Å². The lowest BCUT2D eigenvalue weighted by molar-refractivity contribution is 0.0665. The van der Waals surface area contributed by atoms with Crippen molar-refractivity contribution in [3.63, 3.8) is 0 Å². The number of carbonyl (C=O) groups excluding carboxylic acids is 1. The highest BCUT2D eigenvalue weighted by Gasteiger charge is 2.29. The lowest BCUT2D eigenvalue weighted by atomic mass is 10.0. The minimum Gasteiger partial charge on any atom is -0.323 e. The maximum absolute atomic E-state index is 13.7. The highest BCUT2D eigenvalue weighted by molar-refractivity contribution is 6.30. The van der Waals surface area contributed by atoms with Crippen LogP contribution in [-0.2, 0) is 0 Å². The van der Waals surface area contributed by atoms with Gasteiger partial charge in [-0.2, -0.15) is 5.26 Å². The van der Waals surface area contributed by atoms with E-state index in [2.05, 4.69) is 0 Å². The number of nitriles is 1. The Hall–Kier alpha value is -1.67. The topological polar surface area (TPSA) is 44.1 Å². The summed E-state index contributed by atoms with van der Waals surface area (Å²) >= 11 is 5.44. The third kappa shape index (κ3) is 2.69. The fraction of sp³-hybridized carbons (Fsp3) is 0.385. The summed E-state index contributed by atoms with van der Waals surface area (Å²) in [5.41, 5.74) is -0.385. The van der Waals surface area contributed by atoms with Crippen LogP contribution in [0, 0.1) is 23.0 Å². The molecule has 0 aliphatic carbocycles. The smallest absolute Gasteiger partial charge is 0.258 e. The number of carbonyl (C=O) groups is 1. The summed E-state index contributed by atoms with van der Waals surface area (Å²) in [6.07, 6.45) is 2.15. The molecule has 1 aliphatic heterocycles. The zero-order valence-electron chi connectivity index (χ0n) is 10.00. The van der Waals surface area contributed by atoms with Gasteiger partial charge in [0.05, 0.1) is 16.7 Å². The van der Waals surface area contributed by atoms with E-state index in [0.29, 0.717) is 13.0 Å². The molecular formula is C13H11ClF2N2O. The van der Waals surface area contributed by atoms with Crippen LogP contribution in [0.3, 0.4) is 0 Å². The predicted molar refractivity (Wildman–Crippen MR) is 65.7 cm³/mol. The number of piperidine rings is 1. The van der Waals surface area contributed by atoms with Crippen LogP contribution < -0.4 is 0 Å². The van der Waals surface area contributed by atoms with Gasteiger partial charge >= 0.3 is 0 Å². The molecule has 6 heteroatoms. The number of nitrogens with zero attached hydrogens (tertiary/aromatic N) is 2. The second-order valence-electron chi connectivity index (χ2n) is 4.39. The van der Waals surface area contributed by atoms with E-state index in [9.17, 15) is 13.6 Å². The molecular weight excluding hydrogens is 274 g/mol. The Balaban J connectivity index is 2.33. The Morgan fingerprint density at radius 1 is 1.37 bits per heavy atom. The molecule has 3 nitrogen and oxygen atoms in total. The van der Waals surface area contributed by atoms with Crippen molar-refractivity contribution in [2.75, 3.05) is 6.54 Å². The molecule has 100 valence electrons. The SMILES string of the molecule is N#CC1CCCCN1C(=O)c1cc(F)c(Cl)cc1F. The summed E-state index contributed by atoms with van der Waals surface area (Å²) in [4.78, 5) is 13.5. The van der Waals surface area contributed by atoms with E-state index in [-0.39, 0.29) is 10.6 Å². The molecule has 1 saturated heterocycles. The normalized spacial score (nSPS) is 19.1. The first kappa shape index (κ1) is 13.8. The molecule has 2 rings (SSSR count). The largest absolute Gasteiger partial charge is 0.323 e. The first-order valence-corrected chi connectivity index (χ1v) is 6.27. The van der Waals surface area contributed by atoms with E-state index in [1.54, 1.807) is 0 Å². The van der Waals surface area contributed by atoms with E-state index in [4.69, 9.17) is 16.9 Å². The molecule has 1 aromatic rings. The van der Waals surface area contributed by atoms with Gasteiger partial charge in [-0.15, -0.1) is 0 Å². The second-order valence-corrected chi connectivity index (χ2v) is 4.79. The van der Waals surface area contributed by atoms with E-state index < -0.39 is 23.6 Å². The Morgan fingerprint density at radius 3 is 2.79 bits per heavy atom. The van der Waals surface area contributed by atoms with Crippen LogP contribution in [0.5, 0.6) is 0 Å². The Kier molecular flexibility index (Phi) is 4.01. The van der Waals surface area contributed by atoms with Crippen molar-refractivity contribution in [1.82, 2.24) is 4.90 Å². The summed E-state index contributed by atoms with van der Waals surface area (Å²) in [6, 6.07) is 2.98. The lowest BCUT2D eigenvalue weighted by Crippen LogP contribution is -2.43. The molecule has 1 aliphatic rings. The van der Waals surface area contributed by atoms with Crippen LogP contribution in [0.25, 0.3) is 0 Å². The quantitative estimate of drug-likeness (QED) is 0.744. The maximum Gasteiger partial charge on any atom is 0.258 e. The van der Waals surface area contributed by atoms with Crippen LogP contribution >= 0.6 is 11.6 Å². The molecule has 1 heterocycles. The molecule has 1 amide bonds. The van der Waals surface area contributed by atoms with Gasteiger partial charge in [0.15, 0.2) is 0 Å². The maximum atomic E-state index is 13.7. The molecule has 0 saturated carbocycles. The zero-order chi connectivity index (χ0) is 14.0. The van der Waals surface area contributed by atoms with E-state index in [1.165, 1.54) is 4.90 Å². The van der Waals surface area contributed by atoms with Crippen LogP contribution in [0.15, 0.2) is 12.1 Å². The van der Waals surface area contributed by atoms with Crippen LogP contribution in [0.2, 0.25) is 5.02 Å². The van der Waals surface area contributed by atoms with Gasteiger partial charge < -0.3 is 4.90 Å². The van der Waals surface area contributed by atoms with Crippen LogP contribution in [0.1, 0.15) is 29.6 Å². The minimum atomic E-state index is -0.876. The van der Waals surface area contributed by atoms with Gasteiger partial charge in [-0.05, 0) is 31.4 Å². The highest BCUT2D eigenvalue weighted by atomic mass is 35.5. The van der Waals surface area contributed by atoms with Gasteiger partial charge in [-0.1, -0.05) is 11.6 Å². The highest BCUT2D eigenvalue weighted by Crippen LogP contribution is 2.24. The molecule has 0 radical (unpaired) electrons. The van der Waals surface area contributed by atoms with Gasteiger partial charge in [-0.25, -0.2) is 8.78 Å². The summed E-state index contributed by atoms with van der Waals surface area (Å²) < 4.78 is 27.0. The van der Waals surface area contributed by atoms with E-state index >= 15 is 0 Å². The molecule has 1 fully saturated rings. The number of hydrogen-bond donors (Lipinski definition) is 0. The van der Waals surface area contributed by atoms with Crippen molar-refractivity contribution >= 4 is 17.5 Å². The van der Waals surface area contributed by atoms with Crippen molar-refractivity contribution in [2.45, 2.75) is 25.3 Å². The minimum absolute atomic E-state index is 0.371. The molecule has 0 N–H and O–H groups in total. The lowest BCUT2D eigenvalue weighted by Gasteiger charge is -2.31. The number of hydrogen-bond acceptors (Lipinski definition) is 2. The summed E-state index contributed by atoms with van der Waals surface area (Å²) in [5, 5.41) is 8.62. The number of rotatable bonds is 1. The standard InChI is InChI=1S/C13H11ClF2N2O/c14-10-6-11(15)9(5-12(10)16)13(19)18-4-2-1-3-8(18)7-17/h5-6,8H,1-4H2. The van der Waals surface area contributed by atoms with E-state index in [0.717, 1.165) is 25.0 Å². The molecule has 0 bridgehead atoms. The molecule has 1 atom stereocenters. The number of halogens is 3. The summed E-state index contributed by atoms with van der Waals surface area (Å²) in [7, 11) is 0. The van der Waals surface area contributed by atoms with Crippen molar-refractivity contribution < 1.29 is 13.6 Å². The summed E-state index contributed by atoms with van der Waals surface area (Å²) in [5.74, 6) is -2.39. The fourth-order valence-corrected chi connectivity index (χ4v) is 2.30. The van der Waals surface area contributed by atoms with Crippen molar-refractivity contribution in [3.8, 4) is 6.07 Å². The Bertz CT molecular complexity index is 556. The average molecular weight is 285 g/mol. The Labute approximate surface area is 114 Å². The zero-order valence-corrected chi connectivity index (χ0v) is 10.8. The molecule has 0 aromatic heterocycles. The van der Waals surface area contributed by atoms with E-state index in [1.807, 2.05) is 6.07 Å². The van der Waals surface area contributed by atoms with Crippen molar-refractivity contribution in [1.29, 1.82) is 5.26 Å².